The summed E-state index contributed by atoms with van der Waals surface area (Å²) in [5, 5.41) is 17.7. The van der Waals surface area contributed by atoms with Gasteiger partial charge in [-0.15, -0.1) is 5.10 Å². The summed E-state index contributed by atoms with van der Waals surface area (Å²) in [6, 6.07) is 0. The van der Waals surface area contributed by atoms with E-state index in [0.29, 0.717) is 11.9 Å². The Bertz CT molecular complexity index is 404. The van der Waals surface area contributed by atoms with Gasteiger partial charge in [-0.1, -0.05) is 13.8 Å². The molecule has 0 saturated heterocycles. The Balaban J connectivity index is 2.03. The number of aliphatic hydroxyl groups excluding tert-OH is 1. The lowest BCUT2D eigenvalue weighted by molar-refractivity contribution is 0.0463. The molecule has 0 spiro atoms. The molecule has 18 heavy (non-hydrogen) atoms. The van der Waals surface area contributed by atoms with Gasteiger partial charge in [-0.05, 0) is 31.6 Å². The first kappa shape index (κ1) is 13.2. The summed E-state index contributed by atoms with van der Waals surface area (Å²) in [7, 11) is 1.99. The van der Waals surface area contributed by atoms with Gasteiger partial charge < -0.3 is 10.0 Å². The predicted molar refractivity (Wildman–Crippen MR) is 70.6 cm³/mol. The van der Waals surface area contributed by atoms with Gasteiger partial charge in [0.1, 0.15) is 0 Å². The second kappa shape index (κ2) is 5.61. The number of hydrogen-bond acceptors (Lipinski definition) is 5. The number of aliphatic hydroxyl groups is 1. The van der Waals surface area contributed by atoms with Gasteiger partial charge in [-0.2, -0.15) is 5.10 Å². The van der Waals surface area contributed by atoms with E-state index in [9.17, 15) is 5.11 Å². The summed E-state index contributed by atoms with van der Waals surface area (Å²) in [4.78, 5) is 6.63. The predicted octanol–water partition coefficient (Wildman–Crippen LogP) is 1.20. The van der Waals surface area contributed by atoms with Crippen LogP contribution >= 0.6 is 0 Å². The molecule has 0 aliphatic heterocycles. The molecule has 2 rings (SSSR count). The second-order valence-electron chi connectivity index (χ2n) is 5.08. The molecule has 0 unspecified atom stereocenters. The van der Waals surface area contributed by atoms with Gasteiger partial charge in [0.05, 0.1) is 17.5 Å². The molecule has 0 bridgehead atoms. The molecule has 0 radical (unpaired) electrons. The molecule has 1 aliphatic carbocycles. The molecule has 5 nitrogen and oxygen atoms in total. The molecule has 1 aromatic heterocycles. The van der Waals surface area contributed by atoms with Crippen LogP contribution in [0.3, 0.4) is 0 Å². The van der Waals surface area contributed by atoms with Crippen LogP contribution < -0.4 is 4.90 Å². The second-order valence-corrected chi connectivity index (χ2v) is 5.08. The van der Waals surface area contributed by atoms with Crippen molar-refractivity contribution in [1.82, 2.24) is 15.2 Å². The Morgan fingerprint density at radius 1 is 1.17 bits per heavy atom. The fraction of sp³-hybridized carbons (Fsp3) is 0.769. The maximum atomic E-state index is 9.29. The molecule has 0 aromatic carbocycles. The van der Waals surface area contributed by atoms with Crippen LogP contribution in [0.4, 0.5) is 5.95 Å². The van der Waals surface area contributed by atoms with Crippen molar-refractivity contribution in [2.24, 2.45) is 5.92 Å². The smallest absolute Gasteiger partial charge is 0.245 e. The molecule has 100 valence electrons. The highest BCUT2D eigenvalue weighted by molar-refractivity contribution is 5.29. The zero-order chi connectivity index (χ0) is 13.1. The van der Waals surface area contributed by atoms with Gasteiger partial charge >= 0.3 is 0 Å². The van der Waals surface area contributed by atoms with Crippen molar-refractivity contribution in [3.05, 3.63) is 11.4 Å². The molecule has 5 heteroatoms. The van der Waals surface area contributed by atoms with Crippen LogP contribution in [0, 0.1) is 5.92 Å². The van der Waals surface area contributed by atoms with Crippen LogP contribution in [-0.2, 0) is 12.8 Å². The van der Waals surface area contributed by atoms with Gasteiger partial charge in [-0.3, -0.25) is 0 Å². The molecule has 0 atom stereocenters. The standard InChI is InChI=1S/C13H22N4O/c1-4-11-12(5-2)15-16-13(14-11)17(3)8-9-6-10(18)7-9/h9-10,18H,4-8H2,1-3H3. The number of hydrogen-bond donors (Lipinski definition) is 1. The molecule has 1 N–H and O–H groups in total. The van der Waals surface area contributed by atoms with Crippen molar-refractivity contribution in [1.29, 1.82) is 0 Å². The maximum absolute atomic E-state index is 9.29. The first-order chi connectivity index (χ1) is 8.63. The minimum absolute atomic E-state index is 0.101. The topological polar surface area (TPSA) is 62.1 Å². The average Bonchev–Trinajstić information content (AvgIpc) is 2.35. The summed E-state index contributed by atoms with van der Waals surface area (Å²) in [6.45, 7) is 5.06. The minimum atomic E-state index is -0.101. The molecule has 1 aliphatic rings. The number of rotatable bonds is 5. The van der Waals surface area contributed by atoms with Crippen molar-refractivity contribution in [2.45, 2.75) is 45.6 Å². The summed E-state index contributed by atoms with van der Waals surface area (Å²) in [5.41, 5.74) is 2.04. The van der Waals surface area contributed by atoms with Crippen LogP contribution in [0.25, 0.3) is 0 Å². The lowest BCUT2D eigenvalue weighted by Crippen LogP contribution is -2.37. The van der Waals surface area contributed by atoms with Crippen LogP contribution in [-0.4, -0.2) is 40.0 Å². The van der Waals surface area contributed by atoms with Crippen molar-refractivity contribution >= 4 is 5.95 Å². The molecule has 1 heterocycles. The summed E-state index contributed by atoms with van der Waals surface area (Å²) in [6.07, 6.45) is 3.46. The first-order valence-corrected chi connectivity index (χ1v) is 6.75. The van der Waals surface area contributed by atoms with Crippen molar-refractivity contribution in [2.75, 3.05) is 18.5 Å². The molecule has 1 fully saturated rings. The lowest BCUT2D eigenvalue weighted by atomic mass is 9.82. The Labute approximate surface area is 108 Å². The molecular weight excluding hydrogens is 228 g/mol. The van der Waals surface area contributed by atoms with Gasteiger partial charge in [0.2, 0.25) is 5.95 Å². The lowest BCUT2D eigenvalue weighted by Gasteiger charge is -2.34. The van der Waals surface area contributed by atoms with Crippen LogP contribution in [0.15, 0.2) is 0 Å². The van der Waals surface area contributed by atoms with E-state index >= 15 is 0 Å². The van der Waals surface area contributed by atoms with Gasteiger partial charge in [-0.25, -0.2) is 4.98 Å². The highest BCUT2D eigenvalue weighted by atomic mass is 16.3. The molecular formula is C13H22N4O. The summed E-state index contributed by atoms with van der Waals surface area (Å²) < 4.78 is 0. The van der Waals surface area contributed by atoms with Crippen molar-refractivity contribution in [3.63, 3.8) is 0 Å². The van der Waals surface area contributed by atoms with E-state index in [1.165, 1.54) is 0 Å². The van der Waals surface area contributed by atoms with E-state index in [2.05, 4.69) is 29.0 Å². The van der Waals surface area contributed by atoms with Gasteiger partial charge in [0.25, 0.3) is 0 Å². The van der Waals surface area contributed by atoms with Crippen LogP contribution in [0.1, 0.15) is 38.1 Å². The Morgan fingerprint density at radius 3 is 2.39 bits per heavy atom. The quantitative estimate of drug-likeness (QED) is 0.851. The SMILES string of the molecule is CCc1nnc(N(C)CC2CC(O)C2)nc1CC. The number of aryl methyl sites for hydroxylation is 2. The maximum Gasteiger partial charge on any atom is 0.245 e. The zero-order valence-corrected chi connectivity index (χ0v) is 11.4. The van der Waals surface area contributed by atoms with E-state index in [1.807, 2.05) is 11.9 Å². The fourth-order valence-electron chi connectivity index (χ4n) is 2.41. The van der Waals surface area contributed by atoms with E-state index in [0.717, 1.165) is 43.6 Å². The summed E-state index contributed by atoms with van der Waals surface area (Å²) >= 11 is 0. The van der Waals surface area contributed by atoms with Crippen LogP contribution in [0.2, 0.25) is 0 Å². The van der Waals surface area contributed by atoms with Gasteiger partial charge in [0.15, 0.2) is 0 Å². The van der Waals surface area contributed by atoms with Crippen LogP contribution in [0.5, 0.6) is 0 Å². The number of aromatic nitrogens is 3. The Kier molecular flexibility index (Phi) is 4.11. The molecule has 1 aromatic rings. The first-order valence-electron chi connectivity index (χ1n) is 6.75. The van der Waals surface area contributed by atoms with Crippen molar-refractivity contribution < 1.29 is 5.11 Å². The number of anilines is 1. The Hall–Kier alpha value is -1.23. The van der Waals surface area contributed by atoms with Crippen molar-refractivity contribution in [3.8, 4) is 0 Å². The minimum Gasteiger partial charge on any atom is -0.393 e. The third kappa shape index (κ3) is 2.77. The van der Waals surface area contributed by atoms with E-state index in [4.69, 9.17) is 0 Å². The normalized spacial score (nSPS) is 22.7. The van der Waals surface area contributed by atoms with E-state index in [-0.39, 0.29) is 6.10 Å². The third-order valence-electron chi connectivity index (χ3n) is 3.58. The fourth-order valence-corrected chi connectivity index (χ4v) is 2.41. The monoisotopic (exact) mass is 250 g/mol. The molecule has 1 saturated carbocycles. The van der Waals surface area contributed by atoms with E-state index in [1.54, 1.807) is 0 Å². The highest BCUT2D eigenvalue weighted by Gasteiger charge is 2.28. The third-order valence-corrected chi connectivity index (χ3v) is 3.58. The number of nitrogens with zero attached hydrogens (tertiary/aromatic N) is 4. The zero-order valence-electron chi connectivity index (χ0n) is 11.4. The average molecular weight is 250 g/mol. The largest absolute Gasteiger partial charge is 0.393 e. The molecule has 0 amide bonds. The van der Waals surface area contributed by atoms with E-state index < -0.39 is 0 Å². The highest BCUT2D eigenvalue weighted by Crippen LogP contribution is 2.28. The van der Waals surface area contributed by atoms with Gasteiger partial charge in [0, 0.05) is 13.6 Å². The summed E-state index contributed by atoms with van der Waals surface area (Å²) in [5.74, 6) is 1.26. The Morgan fingerprint density at radius 2 is 1.83 bits per heavy atom.